The van der Waals surface area contributed by atoms with E-state index in [-0.39, 0.29) is 5.54 Å². The molecule has 0 aromatic carbocycles. The Labute approximate surface area is 82.5 Å². The molecule has 13 heavy (non-hydrogen) atoms. The first kappa shape index (κ1) is 12.5. The van der Waals surface area contributed by atoms with Gasteiger partial charge in [0.15, 0.2) is 0 Å². The van der Waals surface area contributed by atoms with Crippen LogP contribution < -0.4 is 5.73 Å². The number of hydrogen-bond donors (Lipinski definition) is 1. The molecule has 0 amide bonds. The molecule has 2 heteroatoms. The van der Waals surface area contributed by atoms with Gasteiger partial charge in [0.25, 0.3) is 0 Å². The van der Waals surface area contributed by atoms with Crippen LogP contribution in [0.5, 0.6) is 0 Å². The highest BCUT2D eigenvalue weighted by molar-refractivity contribution is 4.92. The standard InChI is InChI=1S/C11H22N2/c1-5-9-13(8-4)10-11(12,6-2)7-3/h1H,6-10,12H2,2-4H3. The molecule has 0 aliphatic rings. The molecule has 0 aromatic rings. The van der Waals surface area contributed by atoms with Gasteiger partial charge in [0, 0.05) is 12.1 Å². The van der Waals surface area contributed by atoms with E-state index >= 15 is 0 Å². The van der Waals surface area contributed by atoms with E-state index in [0.29, 0.717) is 6.54 Å². The van der Waals surface area contributed by atoms with Crippen LogP contribution in [0, 0.1) is 12.3 Å². The number of rotatable bonds is 6. The number of hydrogen-bond acceptors (Lipinski definition) is 2. The van der Waals surface area contributed by atoms with Crippen molar-refractivity contribution in [1.29, 1.82) is 0 Å². The van der Waals surface area contributed by atoms with Crippen molar-refractivity contribution in [2.24, 2.45) is 5.73 Å². The molecule has 0 rings (SSSR count). The van der Waals surface area contributed by atoms with Crippen molar-refractivity contribution < 1.29 is 0 Å². The summed E-state index contributed by atoms with van der Waals surface area (Å²) in [6.45, 7) is 8.96. The highest BCUT2D eigenvalue weighted by Gasteiger charge is 2.22. The lowest BCUT2D eigenvalue weighted by Gasteiger charge is -2.32. The summed E-state index contributed by atoms with van der Waals surface area (Å²) in [4.78, 5) is 2.22. The Morgan fingerprint density at radius 2 is 1.85 bits per heavy atom. The smallest absolute Gasteiger partial charge is 0.0599 e. The Bertz CT molecular complexity index is 165. The van der Waals surface area contributed by atoms with Crippen molar-refractivity contribution in [2.45, 2.75) is 39.2 Å². The van der Waals surface area contributed by atoms with E-state index in [4.69, 9.17) is 12.2 Å². The van der Waals surface area contributed by atoms with Crippen LogP contribution in [0.25, 0.3) is 0 Å². The topological polar surface area (TPSA) is 29.3 Å². The van der Waals surface area contributed by atoms with E-state index in [0.717, 1.165) is 25.9 Å². The summed E-state index contributed by atoms with van der Waals surface area (Å²) >= 11 is 0. The van der Waals surface area contributed by atoms with Crippen molar-refractivity contribution in [2.75, 3.05) is 19.6 Å². The van der Waals surface area contributed by atoms with Gasteiger partial charge < -0.3 is 5.73 Å². The van der Waals surface area contributed by atoms with Crippen LogP contribution in [0.3, 0.4) is 0 Å². The van der Waals surface area contributed by atoms with Gasteiger partial charge in [-0.05, 0) is 19.4 Å². The fourth-order valence-corrected chi connectivity index (χ4v) is 1.33. The molecule has 2 N–H and O–H groups in total. The van der Waals surface area contributed by atoms with Crippen molar-refractivity contribution >= 4 is 0 Å². The summed E-state index contributed by atoms with van der Waals surface area (Å²) < 4.78 is 0. The van der Waals surface area contributed by atoms with E-state index in [9.17, 15) is 0 Å². The van der Waals surface area contributed by atoms with Crippen molar-refractivity contribution in [3.63, 3.8) is 0 Å². The van der Waals surface area contributed by atoms with Crippen LogP contribution in [-0.4, -0.2) is 30.1 Å². The van der Waals surface area contributed by atoms with Crippen LogP contribution in [0.4, 0.5) is 0 Å². The van der Waals surface area contributed by atoms with Gasteiger partial charge in [-0.2, -0.15) is 0 Å². The number of terminal acetylenes is 1. The quantitative estimate of drug-likeness (QED) is 0.630. The average molecular weight is 182 g/mol. The third kappa shape index (κ3) is 4.31. The lowest BCUT2D eigenvalue weighted by Crippen LogP contribution is -2.49. The Kier molecular flexibility index (Phi) is 5.77. The summed E-state index contributed by atoms with van der Waals surface area (Å²) in [5, 5.41) is 0. The van der Waals surface area contributed by atoms with Gasteiger partial charge in [0.05, 0.1) is 6.54 Å². The normalized spacial score (nSPS) is 11.7. The Balaban J connectivity index is 4.12. The second-order valence-electron chi connectivity index (χ2n) is 3.58. The maximum Gasteiger partial charge on any atom is 0.0599 e. The van der Waals surface area contributed by atoms with Crippen LogP contribution in [-0.2, 0) is 0 Å². The average Bonchev–Trinajstić information content (AvgIpc) is 2.17. The molecule has 0 saturated carbocycles. The number of nitrogens with zero attached hydrogens (tertiary/aromatic N) is 1. The van der Waals surface area contributed by atoms with Crippen molar-refractivity contribution in [3.8, 4) is 12.3 Å². The van der Waals surface area contributed by atoms with E-state index in [2.05, 4.69) is 31.6 Å². The lowest BCUT2D eigenvalue weighted by atomic mass is 9.93. The number of nitrogens with two attached hydrogens (primary N) is 1. The fourth-order valence-electron chi connectivity index (χ4n) is 1.33. The minimum absolute atomic E-state index is 0.0626. The maximum absolute atomic E-state index is 6.19. The van der Waals surface area contributed by atoms with Crippen LogP contribution in [0.2, 0.25) is 0 Å². The molecule has 0 heterocycles. The highest BCUT2D eigenvalue weighted by atomic mass is 15.1. The van der Waals surface area contributed by atoms with E-state index in [1.165, 1.54) is 0 Å². The molecule has 0 spiro atoms. The van der Waals surface area contributed by atoms with E-state index < -0.39 is 0 Å². The molecule has 0 atom stereocenters. The minimum Gasteiger partial charge on any atom is -0.324 e. The van der Waals surface area contributed by atoms with Gasteiger partial charge >= 0.3 is 0 Å². The maximum atomic E-state index is 6.19. The monoisotopic (exact) mass is 182 g/mol. The van der Waals surface area contributed by atoms with Gasteiger partial charge in [0.2, 0.25) is 0 Å². The second-order valence-corrected chi connectivity index (χ2v) is 3.58. The first-order valence-corrected chi connectivity index (χ1v) is 5.06. The molecule has 0 bridgehead atoms. The van der Waals surface area contributed by atoms with Crippen LogP contribution in [0.1, 0.15) is 33.6 Å². The molecular formula is C11H22N2. The third-order valence-electron chi connectivity index (χ3n) is 2.71. The van der Waals surface area contributed by atoms with E-state index in [1.807, 2.05) is 0 Å². The van der Waals surface area contributed by atoms with Gasteiger partial charge in [-0.3, -0.25) is 4.90 Å². The summed E-state index contributed by atoms with van der Waals surface area (Å²) in [5.74, 6) is 2.66. The second kappa shape index (κ2) is 6.01. The SMILES string of the molecule is C#CCN(CC)CC(N)(CC)CC. The summed E-state index contributed by atoms with van der Waals surface area (Å²) in [5.41, 5.74) is 6.13. The molecule has 0 aromatic heterocycles. The van der Waals surface area contributed by atoms with Crippen LogP contribution in [0.15, 0.2) is 0 Å². The lowest BCUT2D eigenvalue weighted by molar-refractivity contribution is 0.226. The predicted molar refractivity (Wildman–Crippen MR) is 58.4 cm³/mol. The first-order chi connectivity index (χ1) is 6.11. The van der Waals surface area contributed by atoms with Crippen LogP contribution >= 0.6 is 0 Å². The highest BCUT2D eigenvalue weighted by Crippen LogP contribution is 2.12. The van der Waals surface area contributed by atoms with Gasteiger partial charge in [0.1, 0.15) is 0 Å². The largest absolute Gasteiger partial charge is 0.324 e. The zero-order chi connectivity index (χ0) is 10.3. The molecule has 76 valence electrons. The third-order valence-corrected chi connectivity index (χ3v) is 2.71. The van der Waals surface area contributed by atoms with Crippen molar-refractivity contribution in [3.05, 3.63) is 0 Å². The molecule has 0 aliphatic heterocycles. The molecule has 0 fully saturated rings. The zero-order valence-corrected chi connectivity index (χ0v) is 9.14. The number of likely N-dealkylation sites (N-methyl/N-ethyl adjacent to an activating group) is 1. The Hall–Kier alpha value is -0.520. The molecule has 2 nitrogen and oxygen atoms in total. The minimum atomic E-state index is -0.0626. The summed E-state index contributed by atoms with van der Waals surface area (Å²) in [6, 6.07) is 0. The summed E-state index contributed by atoms with van der Waals surface area (Å²) in [6.07, 6.45) is 7.28. The molecular weight excluding hydrogens is 160 g/mol. The molecule has 0 saturated heterocycles. The Morgan fingerprint density at radius 3 is 2.15 bits per heavy atom. The predicted octanol–water partition coefficient (Wildman–Crippen LogP) is 1.46. The fraction of sp³-hybridized carbons (Fsp3) is 0.818. The summed E-state index contributed by atoms with van der Waals surface area (Å²) in [7, 11) is 0. The first-order valence-electron chi connectivity index (χ1n) is 5.06. The molecule has 0 radical (unpaired) electrons. The Morgan fingerprint density at radius 1 is 1.31 bits per heavy atom. The molecule has 0 unspecified atom stereocenters. The van der Waals surface area contributed by atoms with Gasteiger partial charge in [-0.15, -0.1) is 6.42 Å². The van der Waals surface area contributed by atoms with Gasteiger partial charge in [-0.1, -0.05) is 26.7 Å². The zero-order valence-electron chi connectivity index (χ0n) is 9.14. The van der Waals surface area contributed by atoms with Crippen molar-refractivity contribution in [1.82, 2.24) is 4.90 Å². The van der Waals surface area contributed by atoms with E-state index in [1.54, 1.807) is 0 Å². The molecule has 0 aliphatic carbocycles. The van der Waals surface area contributed by atoms with Gasteiger partial charge in [-0.25, -0.2) is 0 Å².